The number of ether oxygens (including phenoxy) is 1. The summed E-state index contributed by atoms with van der Waals surface area (Å²) in [5.41, 5.74) is 0.991. The molecule has 2 amide bonds. The molecule has 104 valence electrons. The second-order valence-corrected chi connectivity index (χ2v) is 5.03. The molecule has 1 aliphatic rings. The fourth-order valence-electron chi connectivity index (χ4n) is 2.17. The molecule has 0 bridgehead atoms. The van der Waals surface area contributed by atoms with Crippen LogP contribution in [0.5, 0.6) is 5.88 Å². The first kappa shape index (κ1) is 13.6. The lowest BCUT2D eigenvalue weighted by Gasteiger charge is -2.30. The highest BCUT2D eigenvalue weighted by atomic mass is 16.5. The molecule has 0 spiro atoms. The van der Waals surface area contributed by atoms with Crippen molar-refractivity contribution in [3.8, 4) is 5.88 Å². The topological polar surface area (TPSA) is 54.5 Å². The van der Waals surface area contributed by atoms with E-state index >= 15 is 0 Å². The number of nitrogens with one attached hydrogen (secondary N) is 1. The molecular weight excluding hydrogens is 242 g/mol. The summed E-state index contributed by atoms with van der Waals surface area (Å²) in [6.45, 7) is 4.45. The Bertz CT molecular complexity index is 428. The maximum absolute atomic E-state index is 12.0. The van der Waals surface area contributed by atoms with Gasteiger partial charge in [-0.2, -0.15) is 0 Å². The van der Waals surface area contributed by atoms with Gasteiger partial charge in [-0.25, -0.2) is 9.78 Å². The van der Waals surface area contributed by atoms with Gasteiger partial charge in [-0.05, 0) is 30.4 Å². The van der Waals surface area contributed by atoms with Gasteiger partial charge in [0.2, 0.25) is 5.88 Å². The number of carbonyl (C=O) groups is 1. The standard InChI is InChI=1S/C14H21N3O2/c1-11-4-7-17(8-5-11)14(18)16-10-12-3-6-15-13(9-12)19-2/h3,6,9,11H,4-5,7-8,10H2,1-2H3,(H,16,18). The zero-order valence-corrected chi connectivity index (χ0v) is 11.6. The predicted molar refractivity (Wildman–Crippen MR) is 73.0 cm³/mol. The summed E-state index contributed by atoms with van der Waals surface area (Å²) in [5, 5.41) is 2.94. The Morgan fingerprint density at radius 1 is 1.53 bits per heavy atom. The summed E-state index contributed by atoms with van der Waals surface area (Å²) < 4.78 is 5.06. The van der Waals surface area contributed by atoms with Crippen LogP contribution in [0.1, 0.15) is 25.3 Å². The Morgan fingerprint density at radius 2 is 2.26 bits per heavy atom. The van der Waals surface area contributed by atoms with Gasteiger partial charge in [-0.3, -0.25) is 0 Å². The van der Waals surface area contributed by atoms with Crippen LogP contribution in [0.2, 0.25) is 0 Å². The molecule has 1 aromatic rings. The minimum atomic E-state index is 0.0164. The number of amides is 2. The molecule has 1 N–H and O–H groups in total. The van der Waals surface area contributed by atoms with Gasteiger partial charge in [0.1, 0.15) is 0 Å². The molecule has 5 nitrogen and oxygen atoms in total. The quantitative estimate of drug-likeness (QED) is 0.908. The maximum Gasteiger partial charge on any atom is 0.317 e. The minimum Gasteiger partial charge on any atom is -0.481 e. The first-order valence-electron chi connectivity index (χ1n) is 6.70. The van der Waals surface area contributed by atoms with Gasteiger partial charge < -0.3 is 15.0 Å². The highest BCUT2D eigenvalue weighted by Gasteiger charge is 2.19. The molecule has 1 fully saturated rings. The van der Waals surface area contributed by atoms with E-state index in [2.05, 4.69) is 17.2 Å². The van der Waals surface area contributed by atoms with Crippen molar-refractivity contribution in [3.05, 3.63) is 23.9 Å². The van der Waals surface area contributed by atoms with Crippen LogP contribution in [0.25, 0.3) is 0 Å². The molecule has 0 atom stereocenters. The van der Waals surface area contributed by atoms with E-state index in [9.17, 15) is 4.79 Å². The van der Waals surface area contributed by atoms with Crippen LogP contribution in [0.3, 0.4) is 0 Å². The highest BCUT2D eigenvalue weighted by Crippen LogP contribution is 2.16. The number of hydrogen-bond donors (Lipinski definition) is 1. The van der Waals surface area contributed by atoms with E-state index in [1.54, 1.807) is 13.3 Å². The van der Waals surface area contributed by atoms with E-state index in [-0.39, 0.29) is 6.03 Å². The molecule has 0 radical (unpaired) electrons. The molecule has 19 heavy (non-hydrogen) atoms. The number of nitrogens with zero attached hydrogens (tertiary/aromatic N) is 2. The SMILES string of the molecule is COc1cc(CNC(=O)N2CCC(C)CC2)ccn1. The van der Waals surface area contributed by atoms with Gasteiger partial charge in [0, 0.05) is 31.9 Å². The second kappa shape index (κ2) is 6.41. The fraction of sp³-hybridized carbons (Fsp3) is 0.571. The Kier molecular flexibility index (Phi) is 4.60. The van der Waals surface area contributed by atoms with Gasteiger partial charge in [0.05, 0.1) is 7.11 Å². The summed E-state index contributed by atoms with van der Waals surface area (Å²) in [7, 11) is 1.58. The molecule has 0 unspecified atom stereocenters. The predicted octanol–water partition coefficient (Wildman–Crippen LogP) is 2.03. The van der Waals surface area contributed by atoms with E-state index in [0.29, 0.717) is 12.4 Å². The van der Waals surface area contributed by atoms with Crippen molar-refractivity contribution in [2.75, 3.05) is 20.2 Å². The van der Waals surface area contributed by atoms with Crippen LogP contribution >= 0.6 is 0 Å². The normalized spacial score (nSPS) is 16.2. The first-order valence-corrected chi connectivity index (χ1v) is 6.70. The van der Waals surface area contributed by atoms with Crippen LogP contribution in [-0.4, -0.2) is 36.1 Å². The summed E-state index contributed by atoms with van der Waals surface area (Å²) in [5.74, 6) is 1.30. The number of carbonyl (C=O) groups excluding carboxylic acids is 1. The zero-order valence-electron chi connectivity index (χ0n) is 11.6. The third-order valence-corrected chi connectivity index (χ3v) is 3.52. The van der Waals surface area contributed by atoms with Gasteiger partial charge in [0.15, 0.2) is 0 Å². The molecule has 1 saturated heterocycles. The van der Waals surface area contributed by atoms with Crippen LogP contribution in [0.15, 0.2) is 18.3 Å². The van der Waals surface area contributed by atoms with E-state index in [1.807, 2.05) is 17.0 Å². The van der Waals surface area contributed by atoms with Gasteiger partial charge >= 0.3 is 6.03 Å². The van der Waals surface area contributed by atoms with Gasteiger partial charge in [-0.1, -0.05) is 6.92 Å². The number of hydrogen-bond acceptors (Lipinski definition) is 3. The lowest BCUT2D eigenvalue weighted by Crippen LogP contribution is -2.43. The molecule has 0 aliphatic carbocycles. The number of pyridine rings is 1. The lowest BCUT2D eigenvalue weighted by molar-refractivity contribution is 0.173. The molecule has 0 aromatic carbocycles. The molecular formula is C14H21N3O2. The second-order valence-electron chi connectivity index (χ2n) is 5.03. The van der Waals surface area contributed by atoms with Crippen LogP contribution in [0, 0.1) is 5.92 Å². The van der Waals surface area contributed by atoms with E-state index < -0.39 is 0 Å². The molecule has 1 aliphatic heterocycles. The molecule has 5 heteroatoms. The van der Waals surface area contributed by atoms with Crippen molar-refractivity contribution in [1.82, 2.24) is 15.2 Å². The van der Waals surface area contributed by atoms with Crippen LogP contribution in [0.4, 0.5) is 4.79 Å². The smallest absolute Gasteiger partial charge is 0.317 e. The number of methoxy groups -OCH3 is 1. The first-order chi connectivity index (χ1) is 9.19. The van der Waals surface area contributed by atoms with Crippen LogP contribution in [-0.2, 0) is 6.54 Å². The summed E-state index contributed by atoms with van der Waals surface area (Å²) >= 11 is 0. The largest absolute Gasteiger partial charge is 0.481 e. The van der Waals surface area contributed by atoms with E-state index in [0.717, 1.165) is 37.4 Å². The number of aromatic nitrogens is 1. The molecule has 2 rings (SSSR count). The van der Waals surface area contributed by atoms with Gasteiger partial charge in [0.25, 0.3) is 0 Å². The van der Waals surface area contributed by atoms with E-state index in [4.69, 9.17) is 4.74 Å². The maximum atomic E-state index is 12.0. The Morgan fingerprint density at radius 3 is 2.95 bits per heavy atom. The highest BCUT2D eigenvalue weighted by molar-refractivity contribution is 5.74. The Labute approximate surface area is 114 Å². The van der Waals surface area contributed by atoms with Crippen molar-refractivity contribution in [1.29, 1.82) is 0 Å². The molecule has 1 aromatic heterocycles. The number of rotatable bonds is 3. The summed E-state index contributed by atoms with van der Waals surface area (Å²) in [4.78, 5) is 17.9. The molecule has 0 saturated carbocycles. The van der Waals surface area contributed by atoms with Crippen molar-refractivity contribution >= 4 is 6.03 Å². The Hall–Kier alpha value is -1.78. The van der Waals surface area contributed by atoms with Crippen molar-refractivity contribution in [3.63, 3.8) is 0 Å². The number of piperidine rings is 1. The number of likely N-dealkylation sites (tertiary alicyclic amines) is 1. The monoisotopic (exact) mass is 263 g/mol. The van der Waals surface area contributed by atoms with Crippen molar-refractivity contribution in [2.24, 2.45) is 5.92 Å². The average Bonchev–Trinajstić information content (AvgIpc) is 2.46. The van der Waals surface area contributed by atoms with Crippen molar-refractivity contribution in [2.45, 2.75) is 26.3 Å². The minimum absolute atomic E-state index is 0.0164. The lowest BCUT2D eigenvalue weighted by atomic mass is 10.00. The summed E-state index contributed by atoms with van der Waals surface area (Å²) in [6, 6.07) is 3.72. The number of urea groups is 1. The Balaban J connectivity index is 1.82. The van der Waals surface area contributed by atoms with Crippen molar-refractivity contribution < 1.29 is 9.53 Å². The molecule has 2 heterocycles. The zero-order chi connectivity index (χ0) is 13.7. The fourth-order valence-corrected chi connectivity index (χ4v) is 2.17. The third-order valence-electron chi connectivity index (χ3n) is 3.52. The van der Waals surface area contributed by atoms with E-state index in [1.165, 1.54) is 0 Å². The van der Waals surface area contributed by atoms with Gasteiger partial charge in [-0.15, -0.1) is 0 Å². The third kappa shape index (κ3) is 3.84. The summed E-state index contributed by atoms with van der Waals surface area (Å²) in [6.07, 6.45) is 3.87. The average molecular weight is 263 g/mol. The van der Waals surface area contributed by atoms with Crippen LogP contribution < -0.4 is 10.1 Å².